The van der Waals surface area contributed by atoms with Gasteiger partial charge in [-0.1, -0.05) is 6.92 Å². The molecule has 0 aliphatic carbocycles. The molecule has 0 unspecified atom stereocenters. The van der Waals surface area contributed by atoms with Crippen LogP contribution in [0.5, 0.6) is 0 Å². The maximum atomic E-state index is 8.49. The predicted molar refractivity (Wildman–Crippen MR) is 37.5 cm³/mol. The summed E-state index contributed by atoms with van der Waals surface area (Å²) in [7, 11) is -4.94. The average Bonchev–Trinajstić information content (AvgIpc) is 2.02. The smallest absolute Gasteiger partial charge is 0.0799 e. The molecule has 0 aromatic rings. The van der Waals surface area contributed by atoms with Crippen molar-refractivity contribution in [1.29, 1.82) is 0 Å². The SMILES string of the molecule is C[C@H]1C[NH+]2CCC1CC2.[O-][Cl+3]([O-])([O-])[O-]. The first-order valence-corrected chi connectivity index (χ1v) is 6.05. The standard InChI is InChI=1S/C8H15N.ClHO4/c1-7-6-9-4-2-8(7)3-5-9;2-1(3,4)5/h7-8H,2-6H2,1H3;(H,2,3,4,5)/t7-;/m0./s1. The maximum absolute atomic E-state index is 8.49. The van der Waals surface area contributed by atoms with E-state index in [1.54, 1.807) is 0 Å². The van der Waals surface area contributed by atoms with Crippen LogP contribution in [0.1, 0.15) is 19.8 Å². The second-order valence-corrected chi connectivity index (χ2v) is 4.90. The highest BCUT2D eigenvalue weighted by Crippen LogP contribution is 2.22. The quantitative estimate of drug-likeness (QED) is 0.447. The highest BCUT2D eigenvalue weighted by Gasteiger charge is 2.34. The van der Waals surface area contributed by atoms with Crippen LogP contribution in [-0.4, -0.2) is 19.6 Å². The first kappa shape index (κ1) is 12.2. The Balaban J connectivity index is 0.000000171. The van der Waals surface area contributed by atoms with Gasteiger partial charge in [0.15, 0.2) is 0 Å². The van der Waals surface area contributed by atoms with Crippen molar-refractivity contribution in [3.63, 3.8) is 0 Å². The Morgan fingerprint density at radius 2 is 1.50 bits per heavy atom. The Bertz CT molecular complexity index is 171. The molecule has 3 heterocycles. The maximum Gasteiger partial charge on any atom is 0.0799 e. The van der Waals surface area contributed by atoms with E-state index < -0.39 is 10.2 Å². The van der Waals surface area contributed by atoms with Gasteiger partial charge in [-0.15, -0.1) is 10.2 Å². The molecule has 1 atom stereocenters. The lowest BCUT2D eigenvalue weighted by Gasteiger charge is -2.40. The zero-order valence-corrected chi connectivity index (χ0v) is 8.96. The van der Waals surface area contributed by atoms with Gasteiger partial charge in [0.1, 0.15) is 0 Å². The van der Waals surface area contributed by atoms with Crippen LogP contribution in [-0.2, 0) is 0 Å². The van der Waals surface area contributed by atoms with Gasteiger partial charge in [0.25, 0.3) is 0 Å². The lowest BCUT2D eigenvalue weighted by molar-refractivity contribution is -2.00. The number of hydrogen-bond donors (Lipinski definition) is 1. The summed E-state index contributed by atoms with van der Waals surface area (Å²) in [6.07, 6.45) is 3.02. The molecule has 0 amide bonds. The molecule has 0 spiro atoms. The van der Waals surface area contributed by atoms with Crippen LogP contribution < -0.4 is 23.5 Å². The number of halogens is 1. The third-order valence-corrected chi connectivity index (χ3v) is 3.15. The molecule has 3 aliphatic heterocycles. The number of rotatable bonds is 0. The van der Waals surface area contributed by atoms with Crippen LogP contribution in [0.3, 0.4) is 0 Å². The van der Waals surface area contributed by atoms with Crippen LogP contribution in [0.4, 0.5) is 0 Å². The minimum Gasteiger partial charge on any atom is -0.335 e. The van der Waals surface area contributed by atoms with Gasteiger partial charge < -0.3 is 4.90 Å². The summed E-state index contributed by atoms with van der Waals surface area (Å²) in [6, 6.07) is 0. The van der Waals surface area contributed by atoms with E-state index in [1.165, 1.54) is 32.5 Å². The van der Waals surface area contributed by atoms with E-state index in [9.17, 15) is 0 Å². The highest BCUT2D eigenvalue weighted by molar-refractivity contribution is 4.72. The summed E-state index contributed by atoms with van der Waals surface area (Å²) in [5, 5.41) is 0. The van der Waals surface area contributed by atoms with Crippen molar-refractivity contribution in [1.82, 2.24) is 0 Å². The van der Waals surface area contributed by atoms with E-state index >= 15 is 0 Å². The van der Waals surface area contributed by atoms with Crippen LogP contribution in [0.15, 0.2) is 0 Å². The molecule has 5 nitrogen and oxygen atoms in total. The number of nitrogens with one attached hydrogen (secondary N) is 1. The van der Waals surface area contributed by atoms with Gasteiger partial charge in [0, 0.05) is 18.8 Å². The molecule has 3 aliphatic rings. The lowest BCUT2D eigenvalue weighted by Crippen LogP contribution is -3.15. The molecular formula is C8H16ClNO4. The number of hydrogen-bond acceptors (Lipinski definition) is 4. The van der Waals surface area contributed by atoms with Crippen LogP contribution in [0.25, 0.3) is 0 Å². The summed E-state index contributed by atoms with van der Waals surface area (Å²) in [5.74, 6) is 2.13. The topological polar surface area (TPSA) is 96.7 Å². The van der Waals surface area contributed by atoms with Crippen molar-refractivity contribution in [3.8, 4) is 0 Å². The van der Waals surface area contributed by atoms with Gasteiger partial charge in [-0.3, -0.25) is 0 Å². The van der Waals surface area contributed by atoms with E-state index in [0.717, 1.165) is 11.8 Å². The summed E-state index contributed by atoms with van der Waals surface area (Å²) < 4.78 is 34.0. The first-order chi connectivity index (χ1) is 6.36. The van der Waals surface area contributed by atoms with E-state index in [2.05, 4.69) is 6.92 Å². The largest absolute Gasteiger partial charge is 0.335 e. The zero-order chi connectivity index (χ0) is 10.8. The fraction of sp³-hybridized carbons (Fsp3) is 1.00. The number of quaternary nitrogens is 1. The Hall–Kier alpha value is 0.0900. The summed E-state index contributed by atoms with van der Waals surface area (Å²) >= 11 is 0. The lowest BCUT2D eigenvalue weighted by atomic mass is 9.80. The third kappa shape index (κ3) is 4.54. The molecule has 84 valence electrons. The van der Waals surface area contributed by atoms with Crippen molar-refractivity contribution in [3.05, 3.63) is 0 Å². The molecule has 3 rings (SSSR count). The summed E-state index contributed by atoms with van der Waals surface area (Å²) in [4.78, 5) is 1.87. The Labute approximate surface area is 85.7 Å². The van der Waals surface area contributed by atoms with Crippen LogP contribution >= 0.6 is 0 Å². The monoisotopic (exact) mass is 225 g/mol. The van der Waals surface area contributed by atoms with E-state index in [-0.39, 0.29) is 0 Å². The molecule has 1 N–H and O–H groups in total. The van der Waals surface area contributed by atoms with E-state index in [1.807, 2.05) is 4.90 Å². The first-order valence-electron chi connectivity index (χ1n) is 4.81. The summed E-state index contributed by atoms with van der Waals surface area (Å²) in [6.45, 7) is 6.82. The van der Waals surface area contributed by atoms with Gasteiger partial charge in [-0.25, -0.2) is 18.6 Å². The molecule has 0 saturated carbocycles. The molecule has 3 saturated heterocycles. The van der Waals surface area contributed by atoms with E-state index in [4.69, 9.17) is 18.6 Å². The van der Waals surface area contributed by atoms with Crippen molar-refractivity contribution >= 4 is 0 Å². The van der Waals surface area contributed by atoms with Crippen molar-refractivity contribution in [2.24, 2.45) is 11.8 Å². The van der Waals surface area contributed by atoms with Gasteiger partial charge >= 0.3 is 0 Å². The molecule has 3 fully saturated rings. The molecule has 0 aromatic carbocycles. The Morgan fingerprint density at radius 3 is 1.64 bits per heavy atom. The number of fused-ring (bicyclic) bond motifs is 3. The Morgan fingerprint density at radius 1 is 1.07 bits per heavy atom. The molecular weight excluding hydrogens is 210 g/mol. The average molecular weight is 226 g/mol. The zero-order valence-electron chi connectivity index (χ0n) is 8.20. The molecule has 0 radical (unpaired) electrons. The van der Waals surface area contributed by atoms with Crippen LogP contribution in [0.2, 0.25) is 0 Å². The summed E-state index contributed by atoms with van der Waals surface area (Å²) in [5.41, 5.74) is 0. The van der Waals surface area contributed by atoms with Crippen molar-refractivity contribution in [2.45, 2.75) is 19.8 Å². The fourth-order valence-corrected chi connectivity index (χ4v) is 2.44. The Kier molecular flexibility index (Phi) is 4.12. The minimum atomic E-state index is -4.94. The van der Waals surface area contributed by atoms with Crippen molar-refractivity contribution in [2.75, 3.05) is 19.6 Å². The molecule has 6 heteroatoms. The second-order valence-electron chi connectivity index (χ2n) is 4.15. The van der Waals surface area contributed by atoms with Crippen molar-refractivity contribution < 1.29 is 33.8 Å². The molecule has 14 heavy (non-hydrogen) atoms. The third-order valence-electron chi connectivity index (χ3n) is 3.15. The van der Waals surface area contributed by atoms with Crippen LogP contribution in [0, 0.1) is 22.1 Å². The highest BCUT2D eigenvalue weighted by atomic mass is 35.7. The normalized spacial score (nSPS) is 36.2. The van der Waals surface area contributed by atoms with Gasteiger partial charge in [-0.05, 0) is 5.92 Å². The number of piperidine rings is 3. The molecule has 2 bridgehead atoms. The van der Waals surface area contributed by atoms with Gasteiger partial charge in [0.05, 0.1) is 19.6 Å². The minimum absolute atomic E-state index is 1.03. The fourth-order valence-electron chi connectivity index (χ4n) is 2.44. The second kappa shape index (κ2) is 4.74. The van der Waals surface area contributed by atoms with E-state index in [0.29, 0.717) is 0 Å². The van der Waals surface area contributed by atoms with Gasteiger partial charge in [-0.2, -0.15) is 0 Å². The van der Waals surface area contributed by atoms with Gasteiger partial charge in [0.2, 0.25) is 0 Å². The predicted octanol–water partition coefficient (Wildman–Crippen LogP) is -4.82. The molecule has 0 aromatic heterocycles.